The third-order valence-corrected chi connectivity index (χ3v) is 6.00. The normalized spacial score (nSPS) is 17.0. The van der Waals surface area contributed by atoms with Crippen LogP contribution in [0.1, 0.15) is 70.7 Å². The van der Waals surface area contributed by atoms with Gasteiger partial charge in [-0.3, -0.25) is 14.4 Å². The lowest BCUT2D eigenvalue weighted by atomic mass is 10.0. The maximum atomic E-state index is 10.7. The van der Waals surface area contributed by atoms with Crippen LogP contribution in [-0.2, 0) is 9.59 Å². The Balaban J connectivity index is 0. The highest BCUT2D eigenvalue weighted by Gasteiger charge is 2.14. The number of amides is 2. The van der Waals surface area contributed by atoms with Crippen molar-refractivity contribution in [3.05, 3.63) is 48.2 Å². The van der Waals surface area contributed by atoms with Crippen LogP contribution in [0.25, 0.3) is 0 Å². The molecular formula is C31H53N5O5. The summed E-state index contributed by atoms with van der Waals surface area (Å²) in [7, 11) is 5.12. The zero-order valence-corrected chi connectivity index (χ0v) is 26.3. The number of aromatic hydroxyl groups is 1. The number of benzene rings is 1. The number of carbonyl (C=O) groups excluding carboxylic acids is 3. The van der Waals surface area contributed by atoms with Gasteiger partial charge in [-0.2, -0.15) is 0 Å². The molecule has 4 N–H and O–H groups in total. The van der Waals surface area contributed by atoms with Crippen molar-refractivity contribution < 1.29 is 24.2 Å². The highest BCUT2D eigenvalue weighted by Crippen LogP contribution is 2.17. The second-order valence-corrected chi connectivity index (χ2v) is 9.28. The first kappa shape index (κ1) is 39.6. The molecule has 3 heterocycles. The van der Waals surface area contributed by atoms with Crippen LogP contribution >= 0.6 is 0 Å². The first-order valence-electron chi connectivity index (χ1n) is 14.2. The Morgan fingerprint density at radius 3 is 2.05 bits per heavy atom. The molecule has 0 spiro atoms. The van der Waals surface area contributed by atoms with Gasteiger partial charge >= 0.3 is 0 Å². The number of nitrogens with two attached hydrogens (primary N) is 1. The van der Waals surface area contributed by atoms with Crippen molar-refractivity contribution in [3.8, 4) is 11.6 Å². The molecule has 0 saturated carbocycles. The van der Waals surface area contributed by atoms with Gasteiger partial charge in [-0.15, -0.1) is 0 Å². The molecular weight excluding hydrogens is 522 g/mol. The van der Waals surface area contributed by atoms with Crippen molar-refractivity contribution in [1.29, 1.82) is 0 Å². The number of aromatic nitrogens is 1. The molecule has 0 aliphatic carbocycles. The summed E-state index contributed by atoms with van der Waals surface area (Å²) in [6, 6.07) is 11.1. The monoisotopic (exact) mass is 575 g/mol. The molecule has 232 valence electrons. The summed E-state index contributed by atoms with van der Waals surface area (Å²) < 4.78 is 4.84. The van der Waals surface area contributed by atoms with E-state index < -0.39 is 0 Å². The largest absolute Gasteiger partial charge is 0.508 e. The van der Waals surface area contributed by atoms with Crippen molar-refractivity contribution >= 4 is 24.3 Å². The number of hydrogen-bond acceptors (Lipinski definition) is 8. The van der Waals surface area contributed by atoms with E-state index in [1.165, 1.54) is 65.6 Å². The molecule has 10 nitrogen and oxygen atoms in total. The predicted octanol–water partition coefficient (Wildman–Crippen LogP) is 4.83. The fourth-order valence-electron chi connectivity index (χ4n) is 3.82. The number of carbonyl (C=O) groups is 3. The fraction of sp³-hybridized carbons (Fsp3) is 0.548. The van der Waals surface area contributed by atoms with E-state index in [1.807, 2.05) is 24.8 Å². The SMILES string of the molecule is CC.CC1CCCN(C=O)C1.CN.COc1ncc(NC(C)=O)cc1C=O.C[C@@H]1CCCN1C.Oc1ccccc1. The van der Waals surface area contributed by atoms with Gasteiger partial charge in [0.2, 0.25) is 18.2 Å². The van der Waals surface area contributed by atoms with Gasteiger partial charge in [0.05, 0.1) is 24.6 Å². The number of rotatable bonds is 4. The standard InChI is InChI=1S/C9H10N2O3.C7H13NO.C6H13N.C6H6O.C2H6.CH5N/c1-6(13)11-8-3-7(5-12)9(14-2)10-4-8;1-7-3-2-4-8(5-7)6-9;1-6-4-3-5-7(6)2;7-6-4-2-1-3-5-6;2*1-2/h3-5H,1-2H3,(H,11,13);6-7H,2-5H2,1H3;6H,3-5H2,1-2H3;1-5,7H;1-2H3;2H2,1H3/t;;6-;;;/m..1.../s1. The second-order valence-electron chi connectivity index (χ2n) is 9.28. The van der Waals surface area contributed by atoms with Crippen molar-refractivity contribution in [2.75, 3.05) is 46.2 Å². The lowest BCUT2D eigenvalue weighted by molar-refractivity contribution is -0.119. The van der Waals surface area contributed by atoms with E-state index in [4.69, 9.17) is 9.84 Å². The van der Waals surface area contributed by atoms with Gasteiger partial charge in [0.25, 0.3) is 0 Å². The molecule has 2 aliphatic heterocycles. The molecule has 1 unspecified atom stereocenters. The minimum Gasteiger partial charge on any atom is -0.508 e. The third kappa shape index (κ3) is 19.3. The molecule has 2 atom stereocenters. The number of aldehydes is 1. The van der Waals surface area contributed by atoms with Crippen molar-refractivity contribution in [2.24, 2.45) is 11.7 Å². The van der Waals surface area contributed by atoms with E-state index in [-0.39, 0.29) is 11.8 Å². The molecule has 10 heteroatoms. The Hall–Kier alpha value is -3.50. The van der Waals surface area contributed by atoms with Crippen LogP contribution in [0.15, 0.2) is 42.6 Å². The Morgan fingerprint density at radius 2 is 1.71 bits per heavy atom. The van der Waals surface area contributed by atoms with Crippen LogP contribution in [0.4, 0.5) is 5.69 Å². The number of likely N-dealkylation sites (tertiary alicyclic amines) is 2. The van der Waals surface area contributed by atoms with Gasteiger partial charge in [0, 0.05) is 26.1 Å². The molecule has 41 heavy (non-hydrogen) atoms. The first-order valence-corrected chi connectivity index (χ1v) is 14.2. The van der Waals surface area contributed by atoms with Gasteiger partial charge in [-0.1, -0.05) is 39.0 Å². The number of methoxy groups -OCH3 is 1. The number of ether oxygens (including phenoxy) is 1. The average Bonchev–Trinajstić information content (AvgIpc) is 3.37. The Bertz CT molecular complexity index is 938. The maximum absolute atomic E-state index is 10.7. The summed E-state index contributed by atoms with van der Waals surface area (Å²) in [6.45, 7) is 13.1. The number of nitrogens with one attached hydrogen (secondary N) is 1. The fourth-order valence-corrected chi connectivity index (χ4v) is 3.82. The number of pyridine rings is 1. The van der Waals surface area contributed by atoms with Crippen LogP contribution in [0.3, 0.4) is 0 Å². The van der Waals surface area contributed by atoms with E-state index in [9.17, 15) is 14.4 Å². The van der Waals surface area contributed by atoms with Crippen LogP contribution in [-0.4, -0.2) is 85.4 Å². The molecule has 2 aliphatic rings. The zero-order chi connectivity index (χ0) is 31.6. The van der Waals surface area contributed by atoms with Crippen LogP contribution < -0.4 is 15.8 Å². The Labute approximate surface area is 247 Å². The molecule has 2 amide bonds. The molecule has 0 bridgehead atoms. The summed E-state index contributed by atoms with van der Waals surface area (Å²) in [5.41, 5.74) is 5.28. The average molecular weight is 576 g/mol. The number of para-hydroxylation sites is 1. The Morgan fingerprint density at radius 1 is 1.10 bits per heavy atom. The number of anilines is 1. The highest BCUT2D eigenvalue weighted by molar-refractivity contribution is 5.90. The lowest BCUT2D eigenvalue weighted by Crippen LogP contribution is -2.32. The maximum Gasteiger partial charge on any atom is 0.223 e. The van der Waals surface area contributed by atoms with Crippen LogP contribution in [0, 0.1) is 5.92 Å². The molecule has 0 radical (unpaired) electrons. The van der Waals surface area contributed by atoms with Crippen molar-refractivity contribution in [3.63, 3.8) is 0 Å². The summed E-state index contributed by atoms with van der Waals surface area (Å²) in [5.74, 6) is 1.06. The smallest absolute Gasteiger partial charge is 0.223 e. The number of piperidine rings is 1. The van der Waals surface area contributed by atoms with Gasteiger partial charge in [-0.05, 0) is 77.4 Å². The number of hydrogen-bond donors (Lipinski definition) is 3. The van der Waals surface area contributed by atoms with Crippen molar-refractivity contribution in [2.45, 2.75) is 66.3 Å². The molecule has 2 aromatic rings. The lowest BCUT2D eigenvalue weighted by Gasteiger charge is -2.27. The van der Waals surface area contributed by atoms with Gasteiger partial charge in [0.15, 0.2) is 6.29 Å². The summed E-state index contributed by atoms with van der Waals surface area (Å²) >= 11 is 0. The second kappa shape index (κ2) is 25.5. The molecule has 4 rings (SSSR count). The predicted molar refractivity (Wildman–Crippen MR) is 167 cm³/mol. The summed E-state index contributed by atoms with van der Waals surface area (Å²) in [5, 5.41) is 11.1. The molecule has 2 saturated heterocycles. The van der Waals surface area contributed by atoms with Gasteiger partial charge in [0.1, 0.15) is 5.75 Å². The number of phenols is 1. The molecule has 2 fully saturated rings. The van der Waals surface area contributed by atoms with E-state index in [0.717, 1.165) is 25.5 Å². The quantitative estimate of drug-likeness (QED) is 0.441. The first-order chi connectivity index (χ1) is 19.7. The number of nitrogens with zero attached hydrogens (tertiary/aromatic N) is 3. The minimum atomic E-state index is -0.214. The highest BCUT2D eigenvalue weighted by atomic mass is 16.5. The zero-order valence-electron chi connectivity index (χ0n) is 26.3. The molecule has 1 aromatic carbocycles. The summed E-state index contributed by atoms with van der Waals surface area (Å²) in [4.78, 5) is 39.6. The molecule has 1 aromatic heterocycles. The van der Waals surface area contributed by atoms with Gasteiger partial charge in [-0.25, -0.2) is 4.98 Å². The van der Waals surface area contributed by atoms with E-state index >= 15 is 0 Å². The van der Waals surface area contributed by atoms with E-state index in [0.29, 0.717) is 29.2 Å². The van der Waals surface area contributed by atoms with Crippen LogP contribution in [0.5, 0.6) is 11.6 Å². The number of phenolic OH excluding ortho intramolecular Hbond substituents is 1. The topological polar surface area (TPSA) is 138 Å². The van der Waals surface area contributed by atoms with Crippen LogP contribution in [0.2, 0.25) is 0 Å². The van der Waals surface area contributed by atoms with E-state index in [1.54, 1.807) is 24.3 Å². The van der Waals surface area contributed by atoms with E-state index in [2.05, 4.69) is 41.8 Å². The Kier molecular flexibility index (Phi) is 24.6. The summed E-state index contributed by atoms with van der Waals surface area (Å²) in [6.07, 6.45) is 8.26. The minimum absolute atomic E-state index is 0.214. The van der Waals surface area contributed by atoms with Crippen molar-refractivity contribution in [1.82, 2.24) is 14.8 Å². The van der Waals surface area contributed by atoms with Gasteiger partial charge < -0.3 is 30.7 Å². The third-order valence-electron chi connectivity index (χ3n) is 6.00.